The van der Waals surface area contributed by atoms with E-state index in [-0.39, 0.29) is 6.09 Å². The molecule has 1 atom stereocenters. The van der Waals surface area contributed by atoms with Gasteiger partial charge in [0.2, 0.25) is 0 Å². The van der Waals surface area contributed by atoms with Gasteiger partial charge in [0.15, 0.2) is 0 Å². The number of hydrogen-bond acceptors (Lipinski definition) is 2. The Morgan fingerprint density at radius 2 is 1.94 bits per heavy atom. The molecule has 0 aromatic rings. The Balaban J connectivity index is 3.58. The Morgan fingerprint density at radius 1 is 1.24 bits per heavy atom. The predicted octanol–water partition coefficient (Wildman–Crippen LogP) is 3.98. The van der Waals surface area contributed by atoms with Crippen LogP contribution in [0.5, 0.6) is 0 Å². The van der Waals surface area contributed by atoms with Crippen molar-refractivity contribution in [3.8, 4) is 0 Å². The maximum atomic E-state index is 11.4. The zero-order chi connectivity index (χ0) is 13.1. The van der Waals surface area contributed by atoms with Crippen molar-refractivity contribution in [2.24, 2.45) is 11.8 Å². The van der Waals surface area contributed by atoms with Gasteiger partial charge in [-0.15, -0.1) is 0 Å². The number of alkyl carbamates (subject to hydrolysis) is 1. The molecule has 0 aromatic carbocycles. The van der Waals surface area contributed by atoms with E-state index in [9.17, 15) is 4.79 Å². The molecule has 0 rings (SSSR count). The average Bonchev–Trinajstić information content (AvgIpc) is 2.29. The smallest absolute Gasteiger partial charge is 0.407 e. The second-order valence-electron chi connectivity index (χ2n) is 5.12. The van der Waals surface area contributed by atoms with Gasteiger partial charge in [-0.2, -0.15) is 0 Å². The van der Waals surface area contributed by atoms with Gasteiger partial charge in [-0.3, -0.25) is 0 Å². The Bertz CT molecular complexity index is 193. The van der Waals surface area contributed by atoms with Crippen LogP contribution in [0.1, 0.15) is 59.8 Å². The number of ether oxygens (including phenoxy) is 1. The maximum Gasteiger partial charge on any atom is 0.407 e. The number of hydrogen-bond donors (Lipinski definition) is 1. The summed E-state index contributed by atoms with van der Waals surface area (Å²) < 4.78 is 5.22. The van der Waals surface area contributed by atoms with Crippen LogP contribution in [-0.2, 0) is 4.74 Å². The third-order valence-corrected chi connectivity index (χ3v) is 2.98. The van der Waals surface area contributed by atoms with Gasteiger partial charge >= 0.3 is 6.09 Å². The van der Waals surface area contributed by atoms with Crippen LogP contribution in [0.25, 0.3) is 0 Å². The summed E-state index contributed by atoms with van der Waals surface area (Å²) in [5.74, 6) is 1.13. The first-order valence-electron chi connectivity index (χ1n) is 7.00. The van der Waals surface area contributed by atoms with E-state index in [4.69, 9.17) is 4.74 Å². The van der Waals surface area contributed by atoms with Crippen molar-refractivity contribution in [3.63, 3.8) is 0 Å². The normalized spacial score (nSPS) is 12.5. The van der Waals surface area contributed by atoms with Gasteiger partial charge < -0.3 is 10.1 Å². The molecule has 0 saturated heterocycles. The van der Waals surface area contributed by atoms with Gasteiger partial charge in [0.05, 0.1) is 6.61 Å². The van der Waals surface area contributed by atoms with Crippen molar-refractivity contribution in [1.82, 2.24) is 5.32 Å². The van der Waals surface area contributed by atoms with Gasteiger partial charge in [-0.1, -0.05) is 47.0 Å². The first kappa shape index (κ1) is 16.3. The van der Waals surface area contributed by atoms with E-state index in [1.54, 1.807) is 0 Å². The molecule has 0 aliphatic heterocycles. The summed E-state index contributed by atoms with van der Waals surface area (Å²) in [6, 6.07) is 0. The van der Waals surface area contributed by atoms with Crippen molar-refractivity contribution in [2.75, 3.05) is 13.2 Å². The lowest BCUT2D eigenvalue weighted by Crippen LogP contribution is -2.28. The summed E-state index contributed by atoms with van der Waals surface area (Å²) in [7, 11) is 0. The van der Waals surface area contributed by atoms with Crippen molar-refractivity contribution >= 4 is 6.09 Å². The molecule has 1 amide bonds. The second kappa shape index (κ2) is 10.4. The summed E-state index contributed by atoms with van der Waals surface area (Å²) in [6.07, 6.45) is 5.40. The molecule has 102 valence electrons. The van der Waals surface area contributed by atoms with Crippen molar-refractivity contribution in [3.05, 3.63) is 0 Å². The second-order valence-corrected chi connectivity index (χ2v) is 5.12. The van der Waals surface area contributed by atoms with E-state index in [1.807, 2.05) is 0 Å². The van der Waals surface area contributed by atoms with Crippen LogP contribution in [0.15, 0.2) is 0 Å². The highest BCUT2D eigenvalue weighted by Gasteiger charge is 2.09. The van der Waals surface area contributed by atoms with Gasteiger partial charge in [0, 0.05) is 6.54 Å². The Labute approximate surface area is 106 Å². The van der Waals surface area contributed by atoms with E-state index in [0.717, 1.165) is 19.3 Å². The van der Waals surface area contributed by atoms with E-state index in [0.29, 0.717) is 25.0 Å². The summed E-state index contributed by atoms with van der Waals surface area (Å²) in [5.41, 5.74) is 0. The number of unbranched alkanes of at least 4 members (excludes halogenated alkanes) is 1. The number of amides is 1. The highest BCUT2D eigenvalue weighted by molar-refractivity contribution is 5.66. The van der Waals surface area contributed by atoms with Crippen LogP contribution in [0.4, 0.5) is 4.79 Å². The minimum atomic E-state index is -0.263. The third-order valence-electron chi connectivity index (χ3n) is 2.98. The lowest BCUT2D eigenvalue weighted by Gasteiger charge is -2.15. The van der Waals surface area contributed by atoms with Crippen LogP contribution in [0.3, 0.4) is 0 Å². The number of carbonyl (C=O) groups excluding carboxylic acids is 1. The highest BCUT2D eigenvalue weighted by atomic mass is 16.5. The predicted molar refractivity (Wildman–Crippen MR) is 72.1 cm³/mol. The quantitative estimate of drug-likeness (QED) is 0.665. The lowest BCUT2D eigenvalue weighted by atomic mass is 10.0. The third kappa shape index (κ3) is 10.2. The molecule has 0 bridgehead atoms. The van der Waals surface area contributed by atoms with Crippen LogP contribution < -0.4 is 5.32 Å². The average molecular weight is 243 g/mol. The molecule has 0 radical (unpaired) electrons. The molecule has 0 aliphatic carbocycles. The van der Waals surface area contributed by atoms with Crippen molar-refractivity contribution < 1.29 is 9.53 Å². The summed E-state index contributed by atoms with van der Waals surface area (Å²) >= 11 is 0. The Kier molecular flexibility index (Phi) is 9.98. The van der Waals surface area contributed by atoms with Gasteiger partial charge in [-0.05, 0) is 24.7 Å². The first-order valence-corrected chi connectivity index (χ1v) is 7.00. The molecule has 0 heterocycles. The molecular formula is C14H29NO2. The highest BCUT2D eigenvalue weighted by Crippen LogP contribution is 2.12. The fourth-order valence-electron chi connectivity index (χ4n) is 1.61. The molecule has 0 aliphatic rings. The standard InChI is InChI=1S/C14H29NO2/c1-5-7-8-13(6-2)11-17-14(16)15-10-9-12(3)4/h12-13H,5-11H2,1-4H3,(H,15,16). The molecule has 1 unspecified atom stereocenters. The summed E-state index contributed by atoms with van der Waals surface area (Å²) in [5, 5.41) is 2.79. The molecule has 3 heteroatoms. The van der Waals surface area contributed by atoms with Gasteiger partial charge in [-0.25, -0.2) is 4.79 Å². The Morgan fingerprint density at radius 3 is 2.47 bits per heavy atom. The van der Waals surface area contributed by atoms with E-state index < -0.39 is 0 Å². The largest absolute Gasteiger partial charge is 0.449 e. The first-order chi connectivity index (χ1) is 8.10. The fourth-order valence-corrected chi connectivity index (χ4v) is 1.61. The van der Waals surface area contributed by atoms with Gasteiger partial charge in [0.1, 0.15) is 0 Å². The molecule has 0 spiro atoms. The Hall–Kier alpha value is -0.730. The fraction of sp³-hybridized carbons (Fsp3) is 0.929. The maximum absolute atomic E-state index is 11.4. The number of nitrogens with one attached hydrogen (secondary N) is 1. The minimum Gasteiger partial charge on any atom is -0.449 e. The molecule has 3 nitrogen and oxygen atoms in total. The van der Waals surface area contributed by atoms with Crippen LogP contribution in [0.2, 0.25) is 0 Å². The van der Waals surface area contributed by atoms with E-state index in [1.165, 1.54) is 12.8 Å². The molecule has 0 saturated carbocycles. The lowest BCUT2D eigenvalue weighted by molar-refractivity contribution is 0.122. The zero-order valence-electron chi connectivity index (χ0n) is 11.9. The molecule has 0 fully saturated rings. The number of carbonyl (C=O) groups is 1. The van der Waals surface area contributed by atoms with Crippen LogP contribution in [0, 0.1) is 11.8 Å². The van der Waals surface area contributed by atoms with E-state index >= 15 is 0 Å². The number of rotatable bonds is 9. The summed E-state index contributed by atoms with van der Waals surface area (Å²) in [4.78, 5) is 11.4. The van der Waals surface area contributed by atoms with Crippen molar-refractivity contribution in [1.29, 1.82) is 0 Å². The summed E-state index contributed by atoms with van der Waals surface area (Å²) in [6.45, 7) is 9.90. The molecule has 1 N–H and O–H groups in total. The van der Waals surface area contributed by atoms with Crippen LogP contribution >= 0.6 is 0 Å². The monoisotopic (exact) mass is 243 g/mol. The zero-order valence-corrected chi connectivity index (χ0v) is 11.9. The molecular weight excluding hydrogens is 214 g/mol. The van der Waals surface area contributed by atoms with Gasteiger partial charge in [0.25, 0.3) is 0 Å². The van der Waals surface area contributed by atoms with Crippen LogP contribution in [-0.4, -0.2) is 19.2 Å². The van der Waals surface area contributed by atoms with Crippen molar-refractivity contribution in [2.45, 2.75) is 59.8 Å². The topological polar surface area (TPSA) is 38.3 Å². The van der Waals surface area contributed by atoms with E-state index in [2.05, 4.69) is 33.0 Å². The SMILES string of the molecule is CCCCC(CC)COC(=O)NCCC(C)C. The minimum absolute atomic E-state index is 0.263. The molecule has 17 heavy (non-hydrogen) atoms. The molecule has 0 aromatic heterocycles.